The van der Waals surface area contributed by atoms with Crippen molar-refractivity contribution in [2.75, 3.05) is 25.0 Å². The standard InChI is InChI=1S/C20H22ClN3/c1-2-24-11-9-14(10-12-24)20-16-5-3-4-6-17(16)22-18-8-7-15(21)13-19(18)23-20/h3-8,13-14,22H,2,9-12H2,1H3. The minimum atomic E-state index is 0.501. The molecule has 0 radical (unpaired) electrons. The normalized spacial score (nSPS) is 18.2. The molecule has 124 valence electrons. The van der Waals surface area contributed by atoms with Gasteiger partial charge >= 0.3 is 0 Å². The van der Waals surface area contributed by atoms with Crippen LogP contribution in [0.25, 0.3) is 0 Å². The predicted molar refractivity (Wildman–Crippen MR) is 102 cm³/mol. The van der Waals surface area contributed by atoms with Crippen LogP contribution in [0, 0.1) is 5.92 Å². The Labute approximate surface area is 148 Å². The molecule has 0 atom stereocenters. The molecule has 1 N–H and O–H groups in total. The highest BCUT2D eigenvalue weighted by Crippen LogP contribution is 2.38. The third kappa shape index (κ3) is 2.94. The van der Waals surface area contributed by atoms with Gasteiger partial charge in [-0.1, -0.05) is 36.7 Å². The van der Waals surface area contributed by atoms with E-state index in [-0.39, 0.29) is 0 Å². The molecule has 1 saturated heterocycles. The maximum Gasteiger partial charge on any atom is 0.0882 e. The van der Waals surface area contributed by atoms with Gasteiger partial charge in [0.25, 0.3) is 0 Å². The summed E-state index contributed by atoms with van der Waals surface area (Å²) in [6.07, 6.45) is 2.33. The second kappa shape index (κ2) is 6.58. The molecule has 0 saturated carbocycles. The highest BCUT2D eigenvalue weighted by atomic mass is 35.5. The number of anilines is 2. The number of aliphatic imine (C=N–C) groups is 1. The lowest BCUT2D eigenvalue weighted by Crippen LogP contribution is -2.36. The van der Waals surface area contributed by atoms with Gasteiger partial charge < -0.3 is 10.2 Å². The Morgan fingerprint density at radius 2 is 1.92 bits per heavy atom. The molecular formula is C20H22ClN3. The van der Waals surface area contributed by atoms with Gasteiger partial charge in [-0.3, -0.25) is 4.99 Å². The van der Waals surface area contributed by atoms with Gasteiger partial charge in [-0.2, -0.15) is 0 Å². The fourth-order valence-electron chi connectivity index (χ4n) is 3.69. The van der Waals surface area contributed by atoms with Gasteiger partial charge in [-0.25, -0.2) is 0 Å². The van der Waals surface area contributed by atoms with Crippen LogP contribution < -0.4 is 5.32 Å². The van der Waals surface area contributed by atoms with Gasteiger partial charge in [0.2, 0.25) is 0 Å². The lowest BCUT2D eigenvalue weighted by Gasteiger charge is -2.32. The van der Waals surface area contributed by atoms with Gasteiger partial charge in [0, 0.05) is 22.2 Å². The van der Waals surface area contributed by atoms with E-state index in [9.17, 15) is 0 Å². The number of piperidine rings is 1. The average molecular weight is 340 g/mol. The minimum absolute atomic E-state index is 0.501. The zero-order chi connectivity index (χ0) is 16.5. The first-order valence-corrected chi connectivity index (χ1v) is 9.09. The first-order valence-electron chi connectivity index (χ1n) is 8.71. The van der Waals surface area contributed by atoms with Gasteiger partial charge in [0.15, 0.2) is 0 Å². The fourth-order valence-corrected chi connectivity index (χ4v) is 3.85. The summed E-state index contributed by atoms with van der Waals surface area (Å²) in [5, 5.41) is 4.26. The van der Waals surface area contributed by atoms with Crippen LogP contribution in [0.3, 0.4) is 0 Å². The van der Waals surface area contributed by atoms with E-state index in [0.29, 0.717) is 5.92 Å². The Kier molecular flexibility index (Phi) is 4.30. The number of halogens is 1. The van der Waals surface area contributed by atoms with Crippen molar-refractivity contribution in [3.05, 3.63) is 53.1 Å². The fraction of sp³-hybridized carbons (Fsp3) is 0.350. The number of benzene rings is 2. The van der Waals surface area contributed by atoms with E-state index in [1.54, 1.807) is 0 Å². The second-order valence-electron chi connectivity index (χ2n) is 6.54. The predicted octanol–water partition coefficient (Wildman–Crippen LogP) is 5.25. The van der Waals surface area contributed by atoms with E-state index in [0.717, 1.165) is 54.6 Å². The van der Waals surface area contributed by atoms with Crippen molar-refractivity contribution in [3.8, 4) is 0 Å². The summed E-state index contributed by atoms with van der Waals surface area (Å²) in [4.78, 5) is 7.58. The van der Waals surface area contributed by atoms with Gasteiger partial charge in [-0.15, -0.1) is 0 Å². The quantitative estimate of drug-likeness (QED) is 0.809. The monoisotopic (exact) mass is 339 g/mol. The third-order valence-electron chi connectivity index (χ3n) is 5.09. The van der Waals surface area contributed by atoms with E-state index >= 15 is 0 Å². The van der Waals surface area contributed by atoms with Gasteiger partial charge in [-0.05, 0) is 56.7 Å². The van der Waals surface area contributed by atoms with Crippen LogP contribution in [0.15, 0.2) is 47.5 Å². The SMILES string of the molecule is CCN1CCC(C2=Nc3cc(Cl)ccc3Nc3ccccc32)CC1. The molecule has 4 rings (SSSR count). The van der Waals surface area contributed by atoms with E-state index in [2.05, 4.69) is 41.4 Å². The Bertz CT molecular complexity index is 776. The first kappa shape index (κ1) is 15.7. The lowest BCUT2D eigenvalue weighted by atomic mass is 9.87. The number of nitrogens with zero attached hydrogens (tertiary/aromatic N) is 2. The summed E-state index contributed by atoms with van der Waals surface area (Å²) in [5.74, 6) is 0.501. The summed E-state index contributed by atoms with van der Waals surface area (Å²) in [7, 11) is 0. The van der Waals surface area contributed by atoms with Crippen LogP contribution in [-0.2, 0) is 0 Å². The topological polar surface area (TPSA) is 27.6 Å². The minimum Gasteiger partial charge on any atom is -0.353 e. The Balaban J connectivity index is 1.77. The van der Waals surface area contributed by atoms with Crippen molar-refractivity contribution in [2.24, 2.45) is 10.9 Å². The number of likely N-dealkylation sites (tertiary alicyclic amines) is 1. The molecule has 3 nitrogen and oxygen atoms in total. The number of fused-ring (bicyclic) bond motifs is 2. The number of hydrogen-bond acceptors (Lipinski definition) is 3. The largest absolute Gasteiger partial charge is 0.353 e. The molecule has 2 heterocycles. The Morgan fingerprint density at radius 1 is 1.12 bits per heavy atom. The van der Waals surface area contributed by atoms with Crippen LogP contribution in [0.1, 0.15) is 25.3 Å². The first-order chi connectivity index (χ1) is 11.7. The van der Waals surface area contributed by atoms with Crippen molar-refractivity contribution in [3.63, 3.8) is 0 Å². The number of hydrogen-bond donors (Lipinski definition) is 1. The average Bonchev–Trinajstić information content (AvgIpc) is 2.78. The molecule has 4 heteroatoms. The second-order valence-corrected chi connectivity index (χ2v) is 6.97. The summed E-state index contributed by atoms with van der Waals surface area (Å²) in [6, 6.07) is 14.4. The van der Waals surface area contributed by atoms with Crippen molar-refractivity contribution >= 4 is 34.4 Å². The maximum atomic E-state index is 6.21. The number of rotatable bonds is 2. The van der Waals surface area contributed by atoms with Crippen LogP contribution in [-0.4, -0.2) is 30.2 Å². The highest BCUT2D eigenvalue weighted by Gasteiger charge is 2.27. The molecule has 0 spiro atoms. The summed E-state index contributed by atoms with van der Waals surface area (Å²) >= 11 is 6.21. The van der Waals surface area contributed by atoms with Crippen LogP contribution in [0.2, 0.25) is 5.02 Å². The van der Waals surface area contributed by atoms with Crippen molar-refractivity contribution in [1.82, 2.24) is 4.90 Å². The third-order valence-corrected chi connectivity index (χ3v) is 5.33. The smallest absolute Gasteiger partial charge is 0.0882 e. The molecule has 0 bridgehead atoms. The molecule has 1 fully saturated rings. The molecule has 0 aromatic heterocycles. The van der Waals surface area contributed by atoms with E-state index in [1.165, 1.54) is 11.3 Å². The molecule has 0 aliphatic carbocycles. The lowest BCUT2D eigenvalue weighted by molar-refractivity contribution is 0.219. The summed E-state index contributed by atoms with van der Waals surface area (Å²) in [6.45, 7) is 5.67. The van der Waals surface area contributed by atoms with E-state index < -0.39 is 0 Å². The number of nitrogens with one attached hydrogen (secondary N) is 1. The summed E-state index contributed by atoms with van der Waals surface area (Å²) < 4.78 is 0. The van der Waals surface area contributed by atoms with Gasteiger partial charge in [0.1, 0.15) is 0 Å². The van der Waals surface area contributed by atoms with Crippen molar-refractivity contribution in [2.45, 2.75) is 19.8 Å². The van der Waals surface area contributed by atoms with E-state index in [1.807, 2.05) is 18.2 Å². The summed E-state index contributed by atoms with van der Waals surface area (Å²) in [5.41, 5.74) is 5.52. The Morgan fingerprint density at radius 3 is 2.71 bits per heavy atom. The van der Waals surface area contributed by atoms with Crippen molar-refractivity contribution < 1.29 is 0 Å². The molecule has 2 aliphatic heterocycles. The van der Waals surface area contributed by atoms with Crippen LogP contribution in [0.4, 0.5) is 17.1 Å². The molecule has 2 aromatic carbocycles. The van der Waals surface area contributed by atoms with E-state index in [4.69, 9.17) is 16.6 Å². The van der Waals surface area contributed by atoms with Crippen LogP contribution >= 0.6 is 11.6 Å². The van der Waals surface area contributed by atoms with Crippen molar-refractivity contribution in [1.29, 1.82) is 0 Å². The molecule has 0 unspecified atom stereocenters. The molecular weight excluding hydrogens is 318 g/mol. The zero-order valence-electron chi connectivity index (χ0n) is 13.9. The zero-order valence-corrected chi connectivity index (χ0v) is 14.7. The molecule has 2 aliphatic rings. The molecule has 0 amide bonds. The van der Waals surface area contributed by atoms with Crippen LogP contribution in [0.5, 0.6) is 0 Å². The molecule has 24 heavy (non-hydrogen) atoms. The van der Waals surface area contributed by atoms with Gasteiger partial charge in [0.05, 0.1) is 17.1 Å². The number of para-hydroxylation sites is 1. The Hall–Kier alpha value is -1.84. The maximum absolute atomic E-state index is 6.21. The highest BCUT2D eigenvalue weighted by molar-refractivity contribution is 6.31. The molecule has 2 aromatic rings.